The lowest BCUT2D eigenvalue weighted by molar-refractivity contribution is -0.0512. The number of hydrogen-bond donors (Lipinski definition) is 2. The molecule has 1 rings (SSSR count). The number of nitrogens with one attached hydrogen (secondary N) is 1. The minimum absolute atomic E-state index is 0. The molecule has 114 valence electrons. The molecular weight excluding hydrogens is 294 g/mol. The Hall–Kier alpha value is -1.60. The number of hydrogen-bond acceptors (Lipinski definition) is 4. The number of alkyl halides is 2. The van der Waals surface area contributed by atoms with Crippen LogP contribution < -0.4 is 20.5 Å². The zero-order valence-electron chi connectivity index (χ0n) is 11.1. The van der Waals surface area contributed by atoms with E-state index in [2.05, 4.69) is 10.1 Å². The van der Waals surface area contributed by atoms with Crippen LogP contribution in [0.25, 0.3) is 0 Å². The lowest BCUT2D eigenvalue weighted by Gasteiger charge is -2.13. The van der Waals surface area contributed by atoms with Crippen molar-refractivity contribution in [2.45, 2.75) is 19.6 Å². The highest BCUT2D eigenvalue weighted by molar-refractivity contribution is 5.95. The summed E-state index contributed by atoms with van der Waals surface area (Å²) in [7, 11) is 1.30. The summed E-state index contributed by atoms with van der Waals surface area (Å²) in [6.45, 7) is -0.899. The fraction of sp³-hybridized carbons (Fsp3) is 0.417. The zero-order valence-corrected chi connectivity index (χ0v) is 11.9. The molecule has 0 aromatic heterocycles. The molecule has 0 aliphatic heterocycles. The maximum absolute atomic E-state index is 12.1. The van der Waals surface area contributed by atoms with Gasteiger partial charge in [-0.3, -0.25) is 4.79 Å². The molecule has 1 atom stereocenters. The molecule has 0 unspecified atom stereocenters. The molecule has 0 spiro atoms. The lowest BCUT2D eigenvalue weighted by Crippen LogP contribution is -2.37. The first-order valence-corrected chi connectivity index (χ1v) is 5.61. The number of amides is 1. The van der Waals surface area contributed by atoms with Crippen LogP contribution in [0, 0.1) is 0 Å². The fourth-order valence-corrected chi connectivity index (χ4v) is 1.37. The second-order valence-electron chi connectivity index (χ2n) is 3.85. The van der Waals surface area contributed by atoms with Gasteiger partial charge in [0, 0.05) is 18.2 Å². The maximum atomic E-state index is 12.1. The van der Waals surface area contributed by atoms with Gasteiger partial charge in [0.05, 0.1) is 7.11 Å². The highest BCUT2D eigenvalue weighted by Gasteiger charge is 2.15. The molecule has 0 bridgehead atoms. The Morgan fingerprint density at radius 2 is 2.05 bits per heavy atom. The Kier molecular flexibility index (Phi) is 7.86. The number of benzene rings is 1. The van der Waals surface area contributed by atoms with Crippen molar-refractivity contribution in [1.82, 2.24) is 5.32 Å². The summed E-state index contributed by atoms with van der Waals surface area (Å²) in [5, 5.41) is 2.65. The number of rotatable bonds is 6. The van der Waals surface area contributed by atoms with E-state index in [0.717, 1.165) is 0 Å². The van der Waals surface area contributed by atoms with Gasteiger partial charge in [-0.25, -0.2) is 0 Å². The quantitative estimate of drug-likeness (QED) is 0.840. The number of nitrogens with two attached hydrogens (primary N) is 1. The van der Waals surface area contributed by atoms with Gasteiger partial charge in [-0.1, -0.05) is 0 Å². The number of carbonyl (C=O) groups excluding carboxylic acids is 1. The standard InChI is InChI=1S/C12H16F2N2O3.ClH/c1-7(6-15)16-11(17)8-3-4-9(19-12(13)14)10(5-8)18-2;/h3-5,7,12H,6,15H2,1-2H3,(H,16,17);1H/t7-;/m0./s1. The van der Waals surface area contributed by atoms with E-state index >= 15 is 0 Å². The summed E-state index contributed by atoms with van der Waals surface area (Å²) in [6, 6.07) is 3.78. The molecule has 1 aromatic carbocycles. The van der Waals surface area contributed by atoms with Crippen molar-refractivity contribution in [3.8, 4) is 11.5 Å². The van der Waals surface area contributed by atoms with E-state index in [1.807, 2.05) is 0 Å². The normalized spacial score (nSPS) is 11.5. The number of carbonyl (C=O) groups is 1. The SMILES string of the molecule is COc1cc(C(=O)N[C@@H](C)CN)ccc1OC(F)F.Cl. The van der Waals surface area contributed by atoms with Crippen molar-refractivity contribution in [3.05, 3.63) is 23.8 Å². The highest BCUT2D eigenvalue weighted by atomic mass is 35.5. The lowest BCUT2D eigenvalue weighted by atomic mass is 10.1. The van der Waals surface area contributed by atoms with Crippen molar-refractivity contribution in [1.29, 1.82) is 0 Å². The van der Waals surface area contributed by atoms with Crippen LogP contribution in [0.15, 0.2) is 18.2 Å². The molecule has 1 aromatic rings. The molecule has 0 heterocycles. The topological polar surface area (TPSA) is 73.6 Å². The zero-order chi connectivity index (χ0) is 14.4. The van der Waals surface area contributed by atoms with Gasteiger partial charge in [-0.05, 0) is 25.1 Å². The van der Waals surface area contributed by atoms with Gasteiger partial charge in [-0.15, -0.1) is 12.4 Å². The Bertz CT molecular complexity index is 447. The minimum Gasteiger partial charge on any atom is -0.493 e. The van der Waals surface area contributed by atoms with E-state index in [1.165, 1.54) is 25.3 Å². The van der Waals surface area contributed by atoms with Gasteiger partial charge < -0.3 is 20.5 Å². The van der Waals surface area contributed by atoms with Crippen LogP contribution in [0.4, 0.5) is 8.78 Å². The molecule has 0 radical (unpaired) electrons. The molecule has 0 saturated heterocycles. The molecule has 0 aliphatic rings. The summed E-state index contributed by atoms with van der Waals surface area (Å²) in [5.74, 6) is -0.422. The van der Waals surface area contributed by atoms with Crippen LogP contribution in [0.2, 0.25) is 0 Å². The van der Waals surface area contributed by atoms with Gasteiger partial charge in [0.25, 0.3) is 5.91 Å². The van der Waals surface area contributed by atoms with Crippen molar-refractivity contribution >= 4 is 18.3 Å². The first-order chi connectivity index (χ1) is 8.97. The molecule has 8 heteroatoms. The minimum atomic E-state index is -2.95. The monoisotopic (exact) mass is 310 g/mol. The Labute approximate surface area is 121 Å². The van der Waals surface area contributed by atoms with Gasteiger partial charge in [0.15, 0.2) is 11.5 Å². The molecule has 3 N–H and O–H groups in total. The first-order valence-electron chi connectivity index (χ1n) is 5.61. The summed E-state index contributed by atoms with van der Waals surface area (Å²) >= 11 is 0. The summed E-state index contributed by atoms with van der Waals surface area (Å²) in [5.41, 5.74) is 5.67. The van der Waals surface area contributed by atoms with Crippen LogP contribution in [-0.2, 0) is 0 Å². The molecular formula is C12H17ClF2N2O3. The third kappa shape index (κ3) is 5.18. The number of halogens is 3. The Balaban J connectivity index is 0.00000361. The van der Waals surface area contributed by atoms with Crippen molar-refractivity contribution in [2.75, 3.05) is 13.7 Å². The molecule has 0 fully saturated rings. The predicted octanol–water partition coefficient (Wildman–Crippen LogP) is 1.80. The van der Waals surface area contributed by atoms with Gasteiger partial charge in [-0.2, -0.15) is 8.78 Å². The van der Waals surface area contributed by atoms with Gasteiger partial charge >= 0.3 is 6.61 Å². The van der Waals surface area contributed by atoms with Crippen molar-refractivity contribution < 1.29 is 23.0 Å². The molecule has 0 saturated carbocycles. The van der Waals surface area contributed by atoms with E-state index < -0.39 is 6.61 Å². The maximum Gasteiger partial charge on any atom is 0.387 e. The number of methoxy groups -OCH3 is 1. The van der Waals surface area contributed by atoms with Crippen LogP contribution in [0.1, 0.15) is 17.3 Å². The van der Waals surface area contributed by atoms with Gasteiger partial charge in [0.2, 0.25) is 0 Å². The van der Waals surface area contributed by atoms with E-state index in [1.54, 1.807) is 6.92 Å². The Morgan fingerprint density at radius 3 is 2.55 bits per heavy atom. The van der Waals surface area contributed by atoms with Crippen molar-refractivity contribution in [2.24, 2.45) is 5.73 Å². The second kappa shape index (κ2) is 8.55. The van der Waals surface area contributed by atoms with Crippen LogP contribution in [0.5, 0.6) is 11.5 Å². The van der Waals surface area contributed by atoms with Crippen LogP contribution in [0.3, 0.4) is 0 Å². The largest absolute Gasteiger partial charge is 0.493 e. The second-order valence-corrected chi connectivity index (χ2v) is 3.85. The molecule has 5 nitrogen and oxygen atoms in total. The highest BCUT2D eigenvalue weighted by Crippen LogP contribution is 2.29. The Morgan fingerprint density at radius 1 is 1.40 bits per heavy atom. The summed E-state index contributed by atoms with van der Waals surface area (Å²) in [4.78, 5) is 11.8. The third-order valence-electron chi connectivity index (χ3n) is 2.37. The smallest absolute Gasteiger partial charge is 0.387 e. The van der Waals surface area contributed by atoms with Crippen molar-refractivity contribution in [3.63, 3.8) is 0 Å². The fourth-order valence-electron chi connectivity index (χ4n) is 1.37. The van der Waals surface area contributed by atoms with E-state index in [0.29, 0.717) is 6.54 Å². The molecule has 0 aliphatic carbocycles. The number of ether oxygens (including phenoxy) is 2. The van der Waals surface area contributed by atoms with E-state index in [4.69, 9.17) is 10.5 Å². The van der Waals surface area contributed by atoms with Crippen LogP contribution in [-0.4, -0.2) is 32.2 Å². The van der Waals surface area contributed by atoms with Gasteiger partial charge in [0.1, 0.15) is 0 Å². The average Bonchev–Trinajstić information content (AvgIpc) is 2.38. The first kappa shape index (κ1) is 18.4. The molecule has 20 heavy (non-hydrogen) atoms. The van der Waals surface area contributed by atoms with E-state index in [9.17, 15) is 13.6 Å². The summed E-state index contributed by atoms with van der Waals surface area (Å²) in [6.07, 6.45) is 0. The molecule has 1 amide bonds. The average molecular weight is 311 g/mol. The predicted molar refractivity (Wildman–Crippen MR) is 72.9 cm³/mol. The third-order valence-corrected chi connectivity index (χ3v) is 2.37. The van der Waals surface area contributed by atoms with Crippen LogP contribution >= 0.6 is 12.4 Å². The summed E-state index contributed by atoms with van der Waals surface area (Å²) < 4.78 is 33.5. The van der Waals surface area contributed by atoms with E-state index in [-0.39, 0.29) is 41.4 Å².